The Labute approximate surface area is 117 Å². The molecule has 4 nitrogen and oxygen atoms in total. The van der Waals surface area contributed by atoms with Gasteiger partial charge in [0, 0.05) is 23.9 Å². The van der Waals surface area contributed by atoms with E-state index in [2.05, 4.69) is 18.8 Å². The van der Waals surface area contributed by atoms with Crippen molar-refractivity contribution < 1.29 is 9.53 Å². The van der Waals surface area contributed by atoms with Crippen LogP contribution in [0.15, 0.2) is 16.9 Å². The fourth-order valence-corrected chi connectivity index (χ4v) is 3.06. The van der Waals surface area contributed by atoms with Crippen molar-refractivity contribution in [3.05, 3.63) is 39.3 Å². The van der Waals surface area contributed by atoms with E-state index in [1.54, 1.807) is 6.07 Å². The molecular weight excluding hydrogens is 254 g/mol. The molecule has 0 unspecified atom stereocenters. The molecule has 0 amide bonds. The normalized spacial score (nSPS) is 21.3. The van der Waals surface area contributed by atoms with Crippen LogP contribution < -0.4 is 5.43 Å². The summed E-state index contributed by atoms with van der Waals surface area (Å²) in [5.41, 5.74) is 2.86. The van der Waals surface area contributed by atoms with Crippen LogP contribution in [0.3, 0.4) is 0 Å². The molecule has 4 heteroatoms. The summed E-state index contributed by atoms with van der Waals surface area (Å²) in [6.45, 7) is 5.38. The number of hydrogen-bond acceptors (Lipinski definition) is 3. The summed E-state index contributed by atoms with van der Waals surface area (Å²) in [7, 11) is 0. The highest BCUT2D eigenvalue weighted by atomic mass is 16.5. The average molecular weight is 273 g/mol. The second-order valence-corrected chi connectivity index (χ2v) is 6.40. The zero-order valence-corrected chi connectivity index (χ0v) is 11.9. The lowest BCUT2D eigenvalue weighted by Gasteiger charge is -2.30. The molecule has 20 heavy (non-hydrogen) atoms. The Morgan fingerprint density at radius 1 is 1.25 bits per heavy atom. The SMILES string of the molecule is CC1(C)CC(=O)c2c([nH]c(C3=CCOCC3)cc2=O)C1. The van der Waals surface area contributed by atoms with Crippen LogP contribution in [0, 0.1) is 5.41 Å². The van der Waals surface area contributed by atoms with Gasteiger partial charge < -0.3 is 9.72 Å². The van der Waals surface area contributed by atoms with Gasteiger partial charge in [0.1, 0.15) is 0 Å². The van der Waals surface area contributed by atoms with Crippen LogP contribution in [-0.2, 0) is 11.2 Å². The van der Waals surface area contributed by atoms with E-state index in [0.29, 0.717) is 25.2 Å². The van der Waals surface area contributed by atoms with Gasteiger partial charge in [0.15, 0.2) is 11.2 Å². The van der Waals surface area contributed by atoms with Gasteiger partial charge in [-0.3, -0.25) is 9.59 Å². The van der Waals surface area contributed by atoms with E-state index in [4.69, 9.17) is 4.74 Å². The molecule has 2 aliphatic rings. The molecule has 1 aromatic heterocycles. The first-order valence-electron chi connectivity index (χ1n) is 7.03. The zero-order chi connectivity index (χ0) is 14.3. The predicted molar refractivity (Wildman–Crippen MR) is 76.9 cm³/mol. The number of nitrogens with one attached hydrogen (secondary N) is 1. The summed E-state index contributed by atoms with van der Waals surface area (Å²) in [6, 6.07) is 1.56. The fraction of sp³-hybridized carbons (Fsp3) is 0.500. The number of carbonyl (C=O) groups is 1. The largest absolute Gasteiger partial charge is 0.377 e. The highest BCUT2D eigenvalue weighted by Crippen LogP contribution is 2.33. The smallest absolute Gasteiger partial charge is 0.193 e. The van der Waals surface area contributed by atoms with Crippen molar-refractivity contribution in [2.24, 2.45) is 5.41 Å². The molecule has 0 bridgehead atoms. The number of carbonyl (C=O) groups excluding carboxylic acids is 1. The molecule has 0 radical (unpaired) electrons. The number of aromatic amines is 1. The summed E-state index contributed by atoms with van der Waals surface area (Å²) in [5, 5.41) is 0. The van der Waals surface area contributed by atoms with Gasteiger partial charge in [-0.2, -0.15) is 0 Å². The maximum atomic E-state index is 12.2. The van der Waals surface area contributed by atoms with E-state index in [-0.39, 0.29) is 16.6 Å². The Balaban J connectivity index is 2.10. The maximum absolute atomic E-state index is 12.2. The zero-order valence-electron chi connectivity index (χ0n) is 11.9. The molecule has 0 aromatic carbocycles. The van der Waals surface area contributed by atoms with Crippen molar-refractivity contribution >= 4 is 11.4 Å². The van der Waals surface area contributed by atoms with Crippen molar-refractivity contribution in [3.8, 4) is 0 Å². The first kappa shape index (κ1) is 13.3. The second-order valence-electron chi connectivity index (χ2n) is 6.40. The molecular formula is C16H19NO3. The lowest BCUT2D eigenvalue weighted by Crippen LogP contribution is -2.33. The van der Waals surface area contributed by atoms with Crippen LogP contribution in [-0.4, -0.2) is 24.0 Å². The van der Waals surface area contributed by atoms with Crippen molar-refractivity contribution in [1.29, 1.82) is 0 Å². The number of Topliss-reactive ketones (excluding diaryl/α,β-unsaturated/α-hetero) is 1. The molecule has 2 heterocycles. The Morgan fingerprint density at radius 3 is 2.75 bits per heavy atom. The Hall–Kier alpha value is -1.68. The first-order valence-corrected chi connectivity index (χ1v) is 7.03. The van der Waals surface area contributed by atoms with Gasteiger partial charge in [-0.1, -0.05) is 19.9 Å². The molecule has 1 aromatic rings. The Bertz CT molecular complexity index is 652. The van der Waals surface area contributed by atoms with Crippen molar-refractivity contribution in [1.82, 2.24) is 4.98 Å². The maximum Gasteiger partial charge on any atom is 0.193 e. The molecule has 0 fully saturated rings. The number of pyridine rings is 1. The van der Waals surface area contributed by atoms with Gasteiger partial charge in [0.2, 0.25) is 0 Å². The van der Waals surface area contributed by atoms with Gasteiger partial charge in [-0.05, 0) is 23.8 Å². The second kappa shape index (κ2) is 4.70. The molecule has 0 atom stereocenters. The third-order valence-corrected chi connectivity index (χ3v) is 3.99. The van der Waals surface area contributed by atoms with Crippen LogP contribution in [0.1, 0.15) is 48.4 Å². The molecule has 0 saturated heterocycles. The Morgan fingerprint density at radius 2 is 2.05 bits per heavy atom. The number of ketones is 1. The number of aromatic nitrogens is 1. The van der Waals surface area contributed by atoms with E-state index >= 15 is 0 Å². The van der Waals surface area contributed by atoms with Crippen LogP contribution in [0.2, 0.25) is 0 Å². The summed E-state index contributed by atoms with van der Waals surface area (Å²) in [6.07, 6.45) is 3.98. The third kappa shape index (κ3) is 2.36. The standard InChI is InChI=1S/C16H19NO3/c1-16(2)8-12-15(14(19)9-16)13(18)7-11(17-12)10-3-5-20-6-4-10/h3,7H,4-6,8-9H2,1-2H3,(H,17,18). The number of fused-ring (bicyclic) bond motifs is 1. The summed E-state index contributed by atoms with van der Waals surface area (Å²) in [5.74, 6) is -0.0370. The number of hydrogen-bond donors (Lipinski definition) is 1. The van der Waals surface area contributed by atoms with Crippen LogP contribution in [0.5, 0.6) is 0 Å². The van der Waals surface area contributed by atoms with E-state index in [9.17, 15) is 9.59 Å². The fourth-order valence-electron chi connectivity index (χ4n) is 3.06. The minimum Gasteiger partial charge on any atom is -0.377 e. The molecule has 3 rings (SSSR count). The van der Waals surface area contributed by atoms with Gasteiger partial charge in [-0.15, -0.1) is 0 Å². The summed E-state index contributed by atoms with van der Waals surface area (Å²) >= 11 is 0. The molecule has 1 aliphatic carbocycles. The van der Waals surface area contributed by atoms with Crippen molar-refractivity contribution in [2.45, 2.75) is 33.1 Å². The quantitative estimate of drug-likeness (QED) is 0.854. The molecule has 0 saturated carbocycles. The van der Waals surface area contributed by atoms with Crippen LogP contribution >= 0.6 is 0 Å². The van der Waals surface area contributed by atoms with Gasteiger partial charge in [-0.25, -0.2) is 0 Å². The van der Waals surface area contributed by atoms with Crippen LogP contribution in [0.4, 0.5) is 0 Å². The van der Waals surface area contributed by atoms with Gasteiger partial charge >= 0.3 is 0 Å². The molecule has 106 valence electrons. The highest BCUT2D eigenvalue weighted by Gasteiger charge is 2.33. The number of H-pyrrole nitrogens is 1. The topological polar surface area (TPSA) is 59.2 Å². The predicted octanol–water partition coefficient (Wildman–Crippen LogP) is 2.33. The van der Waals surface area contributed by atoms with Crippen molar-refractivity contribution in [2.75, 3.05) is 13.2 Å². The lowest BCUT2D eigenvalue weighted by molar-refractivity contribution is 0.0909. The van der Waals surface area contributed by atoms with Crippen LogP contribution in [0.25, 0.3) is 5.57 Å². The highest BCUT2D eigenvalue weighted by molar-refractivity contribution is 5.98. The average Bonchev–Trinajstić information content (AvgIpc) is 2.37. The molecule has 1 aliphatic heterocycles. The van der Waals surface area contributed by atoms with Gasteiger partial charge in [0.05, 0.1) is 18.8 Å². The first-order chi connectivity index (χ1) is 9.46. The van der Waals surface area contributed by atoms with Crippen molar-refractivity contribution in [3.63, 3.8) is 0 Å². The molecule has 0 spiro atoms. The van der Waals surface area contributed by atoms with E-state index in [1.165, 1.54) is 0 Å². The van der Waals surface area contributed by atoms with Gasteiger partial charge in [0.25, 0.3) is 0 Å². The van der Waals surface area contributed by atoms with E-state index < -0.39 is 0 Å². The summed E-state index contributed by atoms with van der Waals surface area (Å²) in [4.78, 5) is 27.7. The monoisotopic (exact) mass is 273 g/mol. The minimum absolute atomic E-state index is 0.0370. The van der Waals surface area contributed by atoms with E-state index in [0.717, 1.165) is 29.8 Å². The number of rotatable bonds is 1. The Kier molecular flexibility index (Phi) is 3.13. The summed E-state index contributed by atoms with van der Waals surface area (Å²) < 4.78 is 5.29. The number of ether oxygens (including phenoxy) is 1. The molecule has 1 N–H and O–H groups in total. The minimum atomic E-state index is -0.151. The van der Waals surface area contributed by atoms with E-state index in [1.807, 2.05) is 6.08 Å². The third-order valence-electron chi connectivity index (χ3n) is 3.99. The lowest BCUT2D eigenvalue weighted by atomic mass is 9.75.